The molecule has 5 nitrogen and oxygen atoms in total. The van der Waals surface area contributed by atoms with E-state index in [0.717, 1.165) is 52.3 Å². The van der Waals surface area contributed by atoms with Crippen LogP contribution in [0.5, 0.6) is 0 Å². The maximum atomic E-state index is 11.3. The van der Waals surface area contributed by atoms with Gasteiger partial charge in [0.25, 0.3) is 0 Å². The molecule has 0 atom stereocenters. The van der Waals surface area contributed by atoms with Gasteiger partial charge in [-0.05, 0) is 75.3 Å². The fourth-order valence-electron chi connectivity index (χ4n) is 4.63. The first-order chi connectivity index (χ1) is 14.2. The van der Waals surface area contributed by atoms with Crippen molar-refractivity contribution in [1.29, 1.82) is 0 Å². The van der Waals surface area contributed by atoms with E-state index >= 15 is 0 Å². The van der Waals surface area contributed by atoms with Gasteiger partial charge < -0.3 is 10.6 Å². The molecule has 2 N–H and O–H groups in total. The molecule has 3 aromatic rings. The van der Waals surface area contributed by atoms with Crippen molar-refractivity contribution in [2.75, 3.05) is 18.0 Å². The van der Waals surface area contributed by atoms with Gasteiger partial charge in [-0.3, -0.25) is 4.79 Å². The first kappa shape index (κ1) is 21.2. The molecule has 7 heteroatoms. The smallest absolute Gasteiger partial charge is 0.217 e. The number of fused-ring (bicyclic) bond motifs is 1. The molecule has 0 saturated carbocycles. The standard InChI is InChI=1S/C23H27BrN4OS/c1-12-9-17(24)10-13(2)19(12)20-14(3)30-22-21(20)26-15(4)27-23(22)28-7-5-16(6-8-28)11-18(25)29/h9-10,16H,5-8,11H2,1-4H3,(H2,25,29). The SMILES string of the molecule is Cc1nc(N2CCC(CC(N)=O)CC2)c2sc(C)c(-c3c(C)cc(Br)cc3C)c2n1. The van der Waals surface area contributed by atoms with E-state index < -0.39 is 0 Å². The molecule has 0 aliphatic carbocycles. The highest BCUT2D eigenvalue weighted by molar-refractivity contribution is 9.10. The van der Waals surface area contributed by atoms with Gasteiger partial charge in [0.15, 0.2) is 0 Å². The number of benzene rings is 1. The van der Waals surface area contributed by atoms with Gasteiger partial charge in [-0.1, -0.05) is 15.9 Å². The number of nitrogens with zero attached hydrogens (tertiary/aromatic N) is 3. The summed E-state index contributed by atoms with van der Waals surface area (Å²) in [6.07, 6.45) is 2.42. The quantitative estimate of drug-likeness (QED) is 0.532. The van der Waals surface area contributed by atoms with E-state index in [1.54, 1.807) is 11.3 Å². The fourth-order valence-corrected chi connectivity index (χ4v) is 6.43. The lowest BCUT2D eigenvalue weighted by atomic mass is 9.93. The van der Waals surface area contributed by atoms with Gasteiger partial charge in [-0.15, -0.1) is 11.3 Å². The largest absolute Gasteiger partial charge is 0.370 e. The average molecular weight is 487 g/mol. The van der Waals surface area contributed by atoms with Crippen molar-refractivity contribution in [3.63, 3.8) is 0 Å². The van der Waals surface area contributed by atoms with Crippen LogP contribution in [-0.2, 0) is 4.79 Å². The van der Waals surface area contributed by atoms with Crippen molar-refractivity contribution in [2.45, 2.75) is 47.0 Å². The third-order valence-corrected chi connectivity index (χ3v) is 7.50. The van der Waals surface area contributed by atoms with E-state index in [9.17, 15) is 4.79 Å². The first-order valence-electron chi connectivity index (χ1n) is 10.3. The van der Waals surface area contributed by atoms with Gasteiger partial charge in [0.05, 0.1) is 10.2 Å². The molecule has 2 aromatic heterocycles. The van der Waals surface area contributed by atoms with Crippen molar-refractivity contribution >= 4 is 49.2 Å². The van der Waals surface area contributed by atoms with Gasteiger partial charge in [0.2, 0.25) is 5.91 Å². The van der Waals surface area contributed by atoms with Crippen molar-refractivity contribution in [3.05, 3.63) is 38.4 Å². The number of hydrogen-bond acceptors (Lipinski definition) is 5. The van der Waals surface area contributed by atoms with Crippen LogP contribution in [0.25, 0.3) is 21.3 Å². The van der Waals surface area contributed by atoms with Gasteiger partial charge in [-0.2, -0.15) is 0 Å². The lowest BCUT2D eigenvalue weighted by molar-refractivity contribution is -0.119. The molecular formula is C23H27BrN4OS. The molecule has 1 fully saturated rings. The maximum Gasteiger partial charge on any atom is 0.217 e. The summed E-state index contributed by atoms with van der Waals surface area (Å²) in [6.45, 7) is 10.3. The minimum Gasteiger partial charge on any atom is -0.370 e. The van der Waals surface area contributed by atoms with Crippen LogP contribution in [0, 0.1) is 33.6 Å². The van der Waals surface area contributed by atoms with Crippen molar-refractivity contribution in [2.24, 2.45) is 11.7 Å². The Morgan fingerprint density at radius 2 is 1.77 bits per heavy atom. The predicted molar refractivity (Wildman–Crippen MR) is 128 cm³/mol. The number of carbonyl (C=O) groups is 1. The molecule has 1 aromatic carbocycles. The molecule has 30 heavy (non-hydrogen) atoms. The zero-order valence-corrected chi connectivity index (χ0v) is 20.3. The van der Waals surface area contributed by atoms with E-state index in [1.807, 2.05) is 6.92 Å². The minimum absolute atomic E-state index is 0.201. The Labute approximate surface area is 189 Å². The maximum absolute atomic E-state index is 11.3. The summed E-state index contributed by atoms with van der Waals surface area (Å²) in [7, 11) is 0. The number of carbonyl (C=O) groups excluding carboxylic acids is 1. The Balaban J connectivity index is 1.79. The molecule has 1 aliphatic rings. The van der Waals surface area contributed by atoms with Crippen LogP contribution in [0.3, 0.4) is 0 Å². The summed E-state index contributed by atoms with van der Waals surface area (Å²) in [4.78, 5) is 24.6. The van der Waals surface area contributed by atoms with E-state index in [1.165, 1.54) is 27.1 Å². The number of hydrogen-bond donors (Lipinski definition) is 1. The van der Waals surface area contributed by atoms with Crippen LogP contribution in [0.15, 0.2) is 16.6 Å². The highest BCUT2D eigenvalue weighted by Gasteiger charge is 2.26. The Hall–Kier alpha value is -1.99. The van der Waals surface area contributed by atoms with Crippen LogP contribution in [0.4, 0.5) is 5.82 Å². The van der Waals surface area contributed by atoms with Gasteiger partial charge in [-0.25, -0.2) is 9.97 Å². The molecule has 1 aliphatic heterocycles. The van der Waals surface area contributed by atoms with Crippen LogP contribution >= 0.6 is 27.3 Å². The normalized spacial score (nSPS) is 15.2. The van der Waals surface area contributed by atoms with E-state index in [4.69, 9.17) is 15.7 Å². The summed E-state index contributed by atoms with van der Waals surface area (Å²) in [5.74, 6) is 2.00. The second kappa shape index (κ2) is 8.27. The lowest BCUT2D eigenvalue weighted by Crippen LogP contribution is -2.35. The molecule has 0 radical (unpaired) electrons. The predicted octanol–water partition coefficient (Wildman–Crippen LogP) is 5.45. The summed E-state index contributed by atoms with van der Waals surface area (Å²) >= 11 is 5.40. The van der Waals surface area contributed by atoms with Gasteiger partial charge in [0, 0.05) is 34.4 Å². The number of halogens is 1. The van der Waals surface area contributed by atoms with Crippen molar-refractivity contribution < 1.29 is 4.79 Å². The second-order valence-corrected chi connectivity index (χ2v) is 10.5. The molecule has 0 spiro atoms. The zero-order chi connectivity index (χ0) is 21.6. The second-order valence-electron chi connectivity index (χ2n) is 8.32. The molecule has 0 bridgehead atoms. The Morgan fingerprint density at radius 1 is 1.13 bits per heavy atom. The van der Waals surface area contributed by atoms with E-state index in [2.05, 4.69) is 53.7 Å². The first-order valence-corrected chi connectivity index (χ1v) is 11.9. The molecule has 1 amide bonds. The van der Waals surface area contributed by atoms with Crippen LogP contribution in [-0.4, -0.2) is 29.0 Å². The number of anilines is 1. The summed E-state index contributed by atoms with van der Waals surface area (Å²) in [5, 5.41) is 0. The Bertz CT molecular complexity index is 1110. The Kier molecular flexibility index (Phi) is 5.86. The van der Waals surface area contributed by atoms with E-state index in [0.29, 0.717) is 12.3 Å². The number of thiophene rings is 1. The third kappa shape index (κ3) is 3.97. The molecular weight excluding hydrogens is 460 g/mol. The number of nitrogens with two attached hydrogens (primary N) is 1. The lowest BCUT2D eigenvalue weighted by Gasteiger charge is -2.32. The molecule has 1 saturated heterocycles. The molecule has 158 valence electrons. The molecule has 4 rings (SSSR count). The van der Waals surface area contributed by atoms with Crippen molar-refractivity contribution in [3.8, 4) is 11.1 Å². The monoisotopic (exact) mass is 486 g/mol. The molecule has 0 unspecified atom stereocenters. The highest BCUT2D eigenvalue weighted by Crippen LogP contribution is 2.44. The summed E-state index contributed by atoms with van der Waals surface area (Å²) in [6, 6.07) is 4.34. The Morgan fingerprint density at radius 3 is 2.37 bits per heavy atom. The summed E-state index contributed by atoms with van der Waals surface area (Å²) in [5.41, 5.74) is 11.4. The van der Waals surface area contributed by atoms with Crippen LogP contribution in [0.1, 0.15) is 41.1 Å². The van der Waals surface area contributed by atoms with Gasteiger partial charge >= 0.3 is 0 Å². The molecule has 3 heterocycles. The zero-order valence-electron chi connectivity index (χ0n) is 17.9. The number of aromatic nitrogens is 2. The van der Waals surface area contributed by atoms with Gasteiger partial charge in [0.1, 0.15) is 11.6 Å². The topological polar surface area (TPSA) is 72.1 Å². The fraction of sp³-hybridized carbons (Fsp3) is 0.435. The van der Waals surface area contributed by atoms with E-state index in [-0.39, 0.29) is 5.91 Å². The number of piperidine rings is 1. The van der Waals surface area contributed by atoms with Crippen LogP contribution in [0.2, 0.25) is 0 Å². The number of rotatable bonds is 4. The third-order valence-electron chi connectivity index (χ3n) is 5.95. The average Bonchev–Trinajstić information content (AvgIpc) is 2.97. The number of primary amides is 1. The number of aryl methyl sites for hydroxylation is 4. The summed E-state index contributed by atoms with van der Waals surface area (Å²) < 4.78 is 2.26. The highest BCUT2D eigenvalue weighted by atomic mass is 79.9. The number of amides is 1. The van der Waals surface area contributed by atoms with Crippen LogP contribution < -0.4 is 10.6 Å². The van der Waals surface area contributed by atoms with Crippen molar-refractivity contribution in [1.82, 2.24) is 9.97 Å². The minimum atomic E-state index is -0.201.